The van der Waals surface area contributed by atoms with E-state index in [0.29, 0.717) is 23.9 Å². The van der Waals surface area contributed by atoms with Crippen LogP contribution in [0.15, 0.2) is 122 Å². The van der Waals surface area contributed by atoms with Crippen LogP contribution in [0.2, 0.25) is 0 Å². The molecular weight excluding hydrogens is 1270 g/mol. The highest BCUT2D eigenvalue weighted by Crippen LogP contribution is 2.20. The zero-order valence-corrected chi connectivity index (χ0v) is 68.2. The molecule has 103 heavy (non-hydrogen) atoms. The Labute approximate surface area is 637 Å². The number of carbonyl (C=O) groups is 3. The Morgan fingerprint density at radius 1 is 0.291 bits per heavy atom. The van der Waals surface area contributed by atoms with Gasteiger partial charge in [0, 0.05) is 12.8 Å². The normalized spacial score (nSPS) is 13.2. The van der Waals surface area contributed by atoms with Crippen LogP contribution in [0.25, 0.3) is 0 Å². The molecule has 0 aliphatic heterocycles. The molecule has 0 rings (SSSR count). The van der Waals surface area contributed by atoms with E-state index >= 15 is 0 Å². The van der Waals surface area contributed by atoms with Crippen molar-refractivity contribution < 1.29 is 42.9 Å². The summed E-state index contributed by atoms with van der Waals surface area (Å²) in [4.78, 5) is 37.7. The average molecular weight is 1440 g/mol. The molecule has 0 aliphatic carbocycles. The van der Waals surface area contributed by atoms with E-state index in [1.807, 2.05) is 21.1 Å². The first kappa shape index (κ1) is 98.7. The topological polar surface area (TPSA) is 111 Å². The molecule has 0 aromatic heterocycles. The third kappa shape index (κ3) is 84.8. The molecule has 0 saturated heterocycles. The number of allylic oxidation sites excluding steroid dienone is 20. The zero-order valence-electron chi connectivity index (χ0n) is 68.2. The molecule has 2 unspecified atom stereocenters. The van der Waals surface area contributed by atoms with Gasteiger partial charge in [0.25, 0.3) is 0 Å². The maximum absolute atomic E-state index is 13.0. The highest BCUT2D eigenvalue weighted by atomic mass is 16.7. The van der Waals surface area contributed by atoms with Gasteiger partial charge in [-0.2, -0.15) is 0 Å². The van der Waals surface area contributed by atoms with Crippen molar-refractivity contribution >= 4 is 17.9 Å². The second-order valence-corrected chi connectivity index (χ2v) is 30.4. The lowest BCUT2D eigenvalue weighted by Gasteiger charge is -2.26. The molecule has 0 aromatic carbocycles. The molecule has 0 aromatic rings. The predicted octanol–water partition coefficient (Wildman–Crippen LogP) is 27.3. The smallest absolute Gasteiger partial charge is 0.306 e. The second-order valence-electron chi connectivity index (χ2n) is 30.4. The van der Waals surface area contributed by atoms with Crippen LogP contribution < -0.4 is 5.11 Å². The quantitative estimate of drug-likeness (QED) is 0.0195. The lowest BCUT2D eigenvalue weighted by Crippen LogP contribution is -2.44. The number of quaternary nitrogens is 1. The van der Waals surface area contributed by atoms with Crippen LogP contribution in [-0.4, -0.2) is 82.3 Å². The van der Waals surface area contributed by atoms with Crippen molar-refractivity contribution in [1.82, 2.24) is 0 Å². The minimum atomic E-state index is -1.62. The summed E-state index contributed by atoms with van der Waals surface area (Å²) in [5.74, 6) is -2.26. The number of aliphatic carboxylic acids is 1. The molecule has 0 saturated carbocycles. The van der Waals surface area contributed by atoms with Gasteiger partial charge in [0.2, 0.25) is 0 Å². The summed E-state index contributed by atoms with van der Waals surface area (Å²) < 4.78 is 22.9. The molecule has 0 N–H and O–H groups in total. The molecule has 0 radical (unpaired) electrons. The van der Waals surface area contributed by atoms with Crippen LogP contribution in [0.3, 0.4) is 0 Å². The summed E-state index contributed by atoms with van der Waals surface area (Å²) >= 11 is 0. The van der Waals surface area contributed by atoms with E-state index in [1.165, 1.54) is 270 Å². The molecule has 0 bridgehead atoms. The SMILES string of the molecule is CC/C=C\C/C=C\C/C=C\C/C=C\C/C=C\C/C=C\CCCCCCCCCCCCCCCCCCCCCCC(=O)OC(COC(=O)CCCCCCCCCCCCCCCCCCCCCCCCCCCC/C=C\C/C=C\C/C=C\C/C=C\CC)COC(OCC[N+](C)(C)C)C(=O)[O-]. The number of unbranched alkanes of at least 4 members (excludes halogenated alkanes) is 46. The number of hydrogen-bond acceptors (Lipinski definition) is 8. The van der Waals surface area contributed by atoms with E-state index in [-0.39, 0.29) is 32.2 Å². The third-order valence-corrected chi connectivity index (χ3v) is 19.2. The number of carboxylic acids is 1. The molecule has 594 valence electrons. The molecule has 0 heterocycles. The Morgan fingerprint density at radius 3 is 0.777 bits per heavy atom. The van der Waals surface area contributed by atoms with Crippen LogP contribution in [0.4, 0.5) is 0 Å². The van der Waals surface area contributed by atoms with Crippen LogP contribution in [0.5, 0.6) is 0 Å². The van der Waals surface area contributed by atoms with E-state index in [9.17, 15) is 19.5 Å². The van der Waals surface area contributed by atoms with Crippen molar-refractivity contribution in [2.24, 2.45) is 0 Å². The van der Waals surface area contributed by atoms with Gasteiger partial charge in [0.15, 0.2) is 12.4 Å². The number of nitrogens with zero attached hydrogens (tertiary/aromatic N) is 1. The fraction of sp³-hybridized carbons (Fsp3) is 0.755. The Bertz CT molecular complexity index is 2120. The summed E-state index contributed by atoms with van der Waals surface area (Å²) in [6.45, 7) is 4.58. The average Bonchev–Trinajstić information content (AvgIpc) is 0.985. The highest BCUT2D eigenvalue weighted by molar-refractivity contribution is 5.70. The largest absolute Gasteiger partial charge is 0.545 e. The summed E-state index contributed by atoms with van der Waals surface area (Å²) in [6, 6.07) is 0. The van der Waals surface area contributed by atoms with Gasteiger partial charge in [-0.05, 0) is 103 Å². The van der Waals surface area contributed by atoms with E-state index < -0.39 is 24.3 Å². The van der Waals surface area contributed by atoms with Crippen molar-refractivity contribution in [3.8, 4) is 0 Å². The first-order chi connectivity index (χ1) is 50.6. The van der Waals surface area contributed by atoms with Gasteiger partial charge < -0.3 is 33.3 Å². The van der Waals surface area contributed by atoms with E-state index in [0.717, 1.165) is 96.3 Å². The standard InChI is InChI=1S/C94H165NO8/c1-6-8-10-12-14-16-18-20-22-24-26-28-30-32-34-36-38-40-42-44-46-48-50-52-54-56-58-60-62-64-66-68-70-72-74-76-78-80-82-84-91(96)101-88-90(89-102-94(93(98)99)100-87-86-95(3,4)5)103-92(97)85-83-81-79-77-75-73-71-69-67-65-63-61-59-57-55-53-51-49-47-45-43-41-39-37-35-33-31-29-27-25-23-21-19-17-15-13-11-9-7-2/h8-11,14-17,20-23,26-29,33,35,39,41,90,94H,6-7,12-13,18-19,24-25,30-32,34,36-38,40,42-89H2,1-5H3/b10-8-,11-9-,16-14-,17-15-,22-20-,23-21-,28-26-,29-27-,35-33-,41-39-. The minimum Gasteiger partial charge on any atom is -0.545 e. The van der Waals surface area contributed by atoms with Gasteiger partial charge in [-0.3, -0.25) is 9.59 Å². The first-order valence-corrected chi connectivity index (χ1v) is 43.7. The van der Waals surface area contributed by atoms with Crippen molar-refractivity contribution in [2.75, 3.05) is 47.5 Å². The Balaban J connectivity index is 3.94. The summed E-state index contributed by atoms with van der Waals surface area (Å²) in [6.07, 6.45) is 116. The lowest BCUT2D eigenvalue weighted by atomic mass is 10.0. The number of carbonyl (C=O) groups excluding carboxylic acids is 3. The fourth-order valence-corrected chi connectivity index (χ4v) is 12.7. The van der Waals surface area contributed by atoms with Crippen molar-refractivity contribution in [3.05, 3.63) is 122 Å². The summed E-state index contributed by atoms with van der Waals surface area (Å²) in [7, 11) is 5.95. The van der Waals surface area contributed by atoms with E-state index in [4.69, 9.17) is 18.9 Å². The zero-order chi connectivity index (χ0) is 74.6. The van der Waals surface area contributed by atoms with Crippen molar-refractivity contribution in [2.45, 2.75) is 411 Å². The van der Waals surface area contributed by atoms with Gasteiger partial charge in [-0.25, -0.2) is 0 Å². The number of carboxylic acid groups (broad SMARTS) is 1. The van der Waals surface area contributed by atoms with Gasteiger partial charge in [0.1, 0.15) is 13.2 Å². The van der Waals surface area contributed by atoms with E-state index in [1.54, 1.807) is 0 Å². The molecule has 0 fully saturated rings. The van der Waals surface area contributed by atoms with Gasteiger partial charge >= 0.3 is 11.9 Å². The fourth-order valence-electron chi connectivity index (χ4n) is 12.7. The maximum Gasteiger partial charge on any atom is 0.306 e. The highest BCUT2D eigenvalue weighted by Gasteiger charge is 2.22. The second kappa shape index (κ2) is 83.3. The van der Waals surface area contributed by atoms with Gasteiger partial charge in [-0.15, -0.1) is 0 Å². The molecule has 9 heteroatoms. The monoisotopic (exact) mass is 1440 g/mol. The third-order valence-electron chi connectivity index (χ3n) is 19.2. The van der Waals surface area contributed by atoms with Gasteiger partial charge in [0.05, 0.1) is 40.3 Å². The Morgan fingerprint density at radius 2 is 0.524 bits per heavy atom. The van der Waals surface area contributed by atoms with Crippen molar-refractivity contribution in [1.29, 1.82) is 0 Å². The van der Waals surface area contributed by atoms with Crippen molar-refractivity contribution in [3.63, 3.8) is 0 Å². The predicted molar refractivity (Wildman–Crippen MR) is 444 cm³/mol. The molecule has 0 spiro atoms. The lowest BCUT2D eigenvalue weighted by molar-refractivity contribution is -0.870. The maximum atomic E-state index is 13.0. The summed E-state index contributed by atoms with van der Waals surface area (Å²) in [5.41, 5.74) is 0. The first-order valence-electron chi connectivity index (χ1n) is 43.7. The van der Waals surface area contributed by atoms with Crippen LogP contribution >= 0.6 is 0 Å². The number of likely N-dealkylation sites (N-methyl/N-ethyl adjacent to an activating group) is 1. The molecule has 0 aliphatic rings. The van der Waals surface area contributed by atoms with Gasteiger partial charge in [-0.1, -0.05) is 405 Å². The molecule has 2 atom stereocenters. The van der Waals surface area contributed by atoms with E-state index in [2.05, 4.69) is 135 Å². The molecular formula is C94H165NO8. The molecule has 0 amide bonds. The van der Waals surface area contributed by atoms with Crippen LogP contribution in [0.1, 0.15) is 399 Å². The number of ether oxygens (including phenoxy) is 4. The van der Waals surface area contributed by atoms with Crippen LogP contribution in [-0.2, 0) is 33.3 Å². The van der Waals surface area contributed by atoms with Crippen LogP contribution in [0, 0.1) is 0 Å². The Hall–Kier alpha value is -4.31. The molecule has 9 nitrogen and oxygen atoms in total. The minimum absolute atomic E-state index is 0.148. The number of esters is 2. The number of hydrogen-bond donors (Lipinski definition) is 0. The summed E-state index contributed by atoms with van der Waals surface area (Å²) in [5, 5.41) is 11.9. The number of rotatable bonds is 81. The Kier molecular flexibility index (Phi) is 79.8.